The van der Waals surface area contributed by atoms with Gasteiger partial charge in [-0.25, -0.2) is 0 Å². The Balaban J connectivity index is 1.87. The lowest BCUT2D eigenvalue weighted by molar-refractivity contribution is -0.130. The van der Waals surface area contributed by atoms with Gasteiger partial charge in [-0.2, -0.15) is 5.26 Å². The molecule has 1 fully saturated rings. The highest BCUT2D eigenvalue weighted by atomic mass is 16.5. The molecule has 7 heteroatoms. The molecule has 0 unspecified atom stereocenters. The van der Waals surface area contributed by atoms with Gasteiger partial charge in [0.2, 0.25) is 5.91 Å². The molecule has 7 nitrogen and oxygen atoms in total. The fraction of sp³-hybridized carbons (Fsp3) is 0.591. The molecule has 1 aromatic carbocycles. The number of carbonyl (C=O) groups is 2. The summed E-state index contributed by atoms with van der Waals surface area (Å²) >= 11 is 0. The largest absolute Gasteiger partial charge is 0.379 e. The average Bonchev–Trinajstić information content (AvgIpc) is 2.72. The van der Waals surface area contributed by atoms with Crippen molar-refractivity contribution in [1.29, 1.82) is 5.26 Å². The van der Waals surface area contributed by atoms with E-state index in [2.05, 4.69) is 37.1 Å². The van der Waals surface area contributed by atoms with E-state index in [9.17, 15) is 9.59 Å². The van der Waals surface area contributed by atoms with Crippen molar-refractivity contribution in [2.45, 2.75) is 32.6 Å². The molecule has 29 heavy (non-hydrogen) atoms. The Bertz CT molecular complexity index is 713. The molecule has 0 aliphatic carbocycles. The Morgan fingerprint density at radius 1 is 1.17 bits per heavy atom. The van der Waals surface area contributed by atoms with E-state index in [4.69, 9.17) is 10.00 Å². The van der Waals surface area contributed by atoms with Crippen LogP contribution in [-0.2, 0) is 14.9 Å². The minimum absolute atomic E-state index is 0.0205. The lowest BCUT2D eigenvalue weighted by atomic mass is 9.87. The Hall–Kier alpha value is -2.43. The molecule has 0 atom stereocenters. The monoisotopic (exact) mass is 400 g/mol. The molecule has 1 heterocycles. The second-order valence-electron chi connectivity index (χ2n) is 8.25. The van der Waals surface area contributed by atoms with Gasteiger partial charge in [0.05, 0.1) is 32.2 Å². The van der Waals surface area contributed by atoms with Crippen molar-refractivity contribution >= 4 is 11.8 Å². The van der Waals surface area contributed by atoms with Gasteiger partial charge < -0.3 is 15.0 Å². The SMILES string of the molecule is CC(C)(C)c1ccc(C(=O)NCC(=O)N(CCC#N)CCN2CCOCC2)cc1. The average molecular weight is 401 g/mol. The minimum Gasteiger partial charge on any atom is -0.379 e. The highest BCUT2D eigenvalue weighted by Crippen LogP contribution is 2.22. The number of morpholine rings is 1. The normalized spacial score (nSPS) is 14.8. The van der Waals surface area contributed by atoms with E-state index < -0.39 is 0 Å². The van der Waals surface area contributed by atoms with E-state index in [0.29, 0.717) is 31.9 Å². The summed E-state index contributed by atoms with van der Waals surface area (Å²) in [4.78, 5) is 28.9. The molecule has 0 radical (unpaired) electrons. The first kappa shape index (κ1) is 22.9. The maximum absolute atomic E-state index is 12.6. The fourth-order valence-electron chi connectivity index (χ4n) is 3.12. The molecular formula is C22H32N4O3. The number of rotatable bonds is 8. The molecule has 1 aliphatic heterocycles. The summed E-state index contributed by atoms with van der Waals surface area (Å²) in [6.45, 7) is 11.0. The smallest absolute Gasteiger partial charge is 0.251 e. The fourth-order valence-corrected chi connectivity index (χ4v) is 3.12. The van der Waals surface area contributed by atoms with Gasteiger partial charge in [-0.15, -0.1) is 0 Å². The Kier molecular flexibility index (Phi) is 8.62. The standard InChI is InChI=1S/C22H32N4O3/c1-22(2,3)19-7-5-18(6-8-19)21(28)24-17-20(27)26(10-4-9-23)12-11-25-13-15-29-16-14-25/h5-8H,4,10-17H2,1-3H3,(H,24,28). The molecule has 0 bridgehead atoms. The number of nitrogens with one attached hydrogen (secondary N) is 1. The van der Waals surface area contributed by atoms with Crippen LogP contribution in [0.25, 0.3) is 0 Å². The van der Waals surface area contributed by atoms with Gasteiger partial charge in [0.1, 0.15) is 0 Å². The van der Waals surface area contributed by atoms with E-state index in [-0.39, 0.29) is 30.2 Å². The van der Waals surface area contributed by atoms with Crippen molar-refractivity contribution in [2.75, 3.05) is 52.5 Å². The first-order chi connectivity index (χ1) is 13.8. The molecule has 2 rings (SSSR count). The minimum atomic E-state index is -0.271. The van der Waals surface area contributed by atoms with E-state index >= 15 is 0 Å². The molecule has 0 saturated carbocycles. The van der Waals surface area contributed by atoms with Gasteiger partial charge in [0.15, 0.2) is 0 Å². The summed E-state index contributed by atoms with van der Waals surface area (Å²) in [6, 6.07) is 9.54. The Morgan fingerprint density at radius 3 is 2.41 bits per heavy atom. The van der Waals surface area contributed by atoms with Crippen molar-refractivity contribution < 1.29 is 14.3 Å². The van der Waals surface area contributed by atoms with Crippen LogP contribution >= 0.6 is 0 Å². The molecular weight excluding hydrogens is 368 g/mol. The van der Waals surface area contributed by atoms with Gasteiger partial charge in [-0.3, -0.25) is 14.5 Å². The first-order valence-corrected chi connectivity index (χ1v) is 10.1. The number of amides is 2. The van der Waals surface area contributed by atoms with Crippen LogP contribution in [0.5, 0.6) is 0 Å². The third-order valence-corrected chi connectivity index (χ3v) is 5.05. The van der Waals surface area contributed by atoms with Gasteiger partial charge >= 0.3 is 0 Å². The zero-order valence-corrected chi connectivity index (χ0v) is 17.7. The summed E-state index contributed by atoms with van der Waals surface area (Å²) in [7, 11) is 0. The molecule has 0 spiro atoms. The van der Waals surface area contributed by atoms with Gasteiger partial charge in [0, 0.05) is 38.3 Å². The predicted octanol–water partition coefficient (Wildman–Crippen LogP) is 1.79. The van der Waals surface area contributed by atoms with Crippen LogP contribution in [0.1, 0.15) is 43.1 Å². The highest BCUT2D eigenvalue weighted by Gasteiger charge is 2.18. The van der Waals surface area contributed by atoms with Crippen molar-refractivity contribution in [1.82, 2.24) is 15.1 Å². The quantitative estimate of drug-likeness (QED) is 0.719. The van der Waals surface area contributed by atoms with Gasteiger partial charge in [0.25, 0.3) is 5.91 Å². The molecule has 158 valence electrons. The summed E-state index contributed by atoms with van der Waals surface area (Å²) in [5.74, 6) is -0.444. The number of carbonyl (C=O) groups excluding carboxylic acids is 2. The lowest BCUT2D eigenvalue weighted by Gasteiger charge is -2.30. The first-order valence-electron chi connectivity index (χ1n) is 10.1. The number of nitrogens with zero attached hydrogens (tertiary/aromatic N) is 3. The molecule has 1 aliphatic rings. The van der Waals surface area contributed by atoms with E-state index in [1.165, 1.54) is 0 Å². The predicted molar refractivity (Wildman–Crippen MR) is 112 cm³/mol. The van der Waals surface area contributed by atoms with Crippen LogP contribution in [0.15, 0.2) is 24.3 Å². The molecule has 1 aromatic rings. The topological polar surface area (TPSA) is 85.7 Å². The summed E-state index contributed by atoms with van der Waals surface area (Å²) < 4.78 is 5.34. The van der Waals surface area contributed by atoms with Crippen LogP contribution in [-0.4, -0.2) is 74.1 Å². The second kappa shape index (κ2) is 10.9. The number of ether oxygens (including phenoxy) is 1. The Morgan fingerprint density at radius 2 is 1.83 bits per heavy atom. The van der Waals surface area contributed by atoms with Crippen LogP contribution in [0.4, 0.5) is 0 Å². The zero-order chi connectivity index (χ0) is 21.3. The van der Waals surface area contributed by atoms with Crippen LogP contribution in [0, 0.1) is 11.3 Å². The van der Waals surface area contributed by atoms with Crippen molar-refractivity contribution in [2.24, 2.45) is 0 Å². The highest BCUT2D eigenvalue weighted by molar-refractivity contribution is 5.96. The second-order valence-corrected chi connectivity index (χ2v) is 8.25. The van der Waals surface area contributed by atoms with Crippen LogP contribution in [0.2, 0.25) is 0 Å². The molecule has 1 N–H and O–H groups in total. The van der Waals surface area contributed by atoms with Crippen molar-refractivity contribution in [3.05, 3.63) is 35.4 Å². The third-order valence-electron chi connectivity index (χ3n) is 5.05. The number of nitriles is 1. The van der Waals surface area contributed by atoms with E-state index in [1.807, 2.05) is 12.1 Å². The van der Waals surface area contributed by atoms with E-state index in [0.717, 1.165) is 25.2 Å². The summed E-state index contributed by atoms with van der Waals surface area (Å²) in [5, 5.41) is 11.6. The molecule has 2 amide bonds. The number of hydrogen-bond acceptors (Lipinski definition) is 5. The maximum atomic E-state index is 12.6. The maximum Gasteiger partial charge on any atom is 0.251 e. The molecule has 1 saturated heterocycles. The van der Waals surface area contributed by atoms with Crippen LogP contribution < -0.4 is 5.32 Å². The summed E-state index contributed by atoms with van der Waals surface area (Å²) in [5.41, 5.74) is 1.70. The van der Waals surface area contributed by atoms with Gasteiger partial charge in [-0.1, -0.05) is 32.9 Å². The summed E-state index contributed by atoms with van der Waals surface area (Å²) in [6.07, 6.45) is 0.275. The van der Waals surface area contributed by atoms with Crippen molar-refractivity contribution in [3.8, 4) is 6.07 Å². The van der Waals surface area contributed by atoms with Crippen LogP contribution in [0.3, 0.4) is 0 Å². The Labute approximate surface area is 173 Å². The lowest BCUT2D eigenvalue weighted by Crippen LogP contribution is -2.46. The third kappa shape index (κ3) is 7.48. The zero-order valence-electron chi connectivity index (χ0n) is 17.7. The van der Waals surface area contributed by atoms with E-state index in [1.54, 1.807) is 17.0 Å². The number of hydrogen-bond donors (Lipinski definition) is 1. The van der Waals surface area contributed by atoms with Crippen molar-refractivity contribution in [3.63, 3.8) is 0 Å². The van der Waals surface area contributed by atoms with Gasteiger partial charge in [-0.05, 0) is 23.1 Å². The molecule has 0 aromatic heterocycles. The number of benzene rings is 1.